The summed E-state index contributed by atoms with van der Waals surface area (Å²) in [4.78, 5) is 17.4. The molecular formula is C26H27N5O. The van der Waals surface area contributed by atoms with Crippen LogP contribution >= 0.6 is 0 Å². The summed E-state index contributed by atoms with van der Waals surface area (Å²) in [5.41, 5.74) is 4.59. The number of anilines is 2. The maximum Gasteiger partial charge on any atom is 0.255 e. The number of aromatic nitrogens is 2. The third kappa shape index (κ3) is 3.97. The first-order valence-electron chi connectivity index (χ1n) is 10.9. The van der Waals surface area contributed by atoms with Crippen LogP contribution in [0, 0.1) is 0 Å². The van der Waals surface area contributed by atoms with Crippen LogP contribution in [0.25, 0.3) is 16.6 Å². The summed E-state index contributed by atoms with van der Waals surface area (Å²) in [6.07, 6.45) is 3.02. The minimum atomic E-state index is -0.110. The van der Waals surface area contributed by atoms with Crippen molar-refractivity contribution in [3.8, 4) is 5.69 Å². The number of nitrogens with one attached hydrogen (secondary N) is 1. The highest BCUT2D eigenvalue weighted by Gasteiger charge is 2.24. The van der Waals surface area contributed by atoms with E-state index >= 15 is 0 Å². The van der Waals surface area contributed by atoms with Crippen LogP contribution in [-0.4, -0.2) is 53.8 Å². The minimum Gasteiger partial charge on any atom is -0.370 e. The first kappa shape index (κ1) is 20.3. The fraction of sp³-hybridized carbons (Fsp3) is 0.231. The lowest BCUT2D eigenvalue weighted by atomic mass is 10.1. The Morgan fingerprint density at radius 2 is 1.69 bits per heavy atom. The molecule has 4 aromatic rings. The number of hydrogen-bond acceptors (Lipinski definition) is 4. The molecule has 0 radical (unpaired) electrons. The number of fused-ring (bicyclic) bond motifs is 1. The van der Waals surface area contributed by atoms with E-state index in [1.165, 1.54) is 12.1 Å². The Morgan fingerprint density at radius 1 is 0.969 bits per heavy atom. The van der Waals surface area contributed by atoms with Gasteiger partial charge in [0.2, 0.25) is 0 Å². The van der Waals surface area contributed by atoms with Crippen LogP contribution in [0.4, 0.5) is 11.4 Å². The summed E-state index contributed by atoms with van der Waals surface area (Å²) in [7, 11) is 4.26. The maximum absolute atomic E-state index is 12.7. The van der Waals surface area contributed by atoms with E-state index in [-0.39, 0.29) is 5.91 Å². The van der Waals surface area contributed by atoms with Crippen LogP contribution in [0.1, 0.15) is 16.8 Å². The molecule has 1 saturated heterocycles. The highest BCUT2D eigenvalue weighted by Crippen LogP contribution is 2.23. The van der Waals surface area contributed by atoms with E-state index in [1.54, 1.807) is 0 Å². The van der Waals surface area contributed by atoms with E-state index in [0.29, 0.717) is 11.6 Å². The molecular weight excluding hydrogens is 398 g/mol. The lowest BCUT2D eigenvalue weighted by Crippen LogP contribution is -2.31. The van der Waals surface area contributed by atoms with Crippen LogP contribution in [-0.2, 0) is 0 Å². The second kappa shape index (κ2) is 8.48. The average molecular weight is 426 g/mol. The van der Waals surface area contributed by atoms with Crippen LogP contribution in [0.3, 0.4) is 0 Å². The number of benzene rings is 3. The molecule has 1 amide bonds. The monoisotopic (exact) mass is 425 g/mol. The molecule has 1 aromatic heterocycles. The molecule has 5 rings (SSSR count). The van der Waals surface area contributed by atoms with Crippen LogP contribution < -0.4 is 10.2 Å². The largest absolute Gasteiger partial charge is 0.370 e. The number of nitrogens with zero attached hydrogens (tertiary/aromatic N) is 4. The lowest BCUT2D eigenvalue weighted by molar-refractivity contribution is 0.102. The van der Waals surface area contributed by atoms with Gasteiger partial charge in [0, 0.05) is 41.5 Å². The maximum atomic E-state index is 12.7. The van der Waals surface area contributed by atoms with E-state index in [2.05, 4.69) is 34.3 Å². The van der Waals surface area contributed by atoms with Crippen molar-refractivity contribution in [2.75, 3.05) is 37.4 Å². The topological polar surface area (TPSA) is 53.4 Å². The molecule has 2 heterocycles. The van der Waals surface area contributed by atoms with Gasteiger partial charge in [0.1, 0.15) is 0 Å². The summed E-state index contributed by atoms with van der Waals surface area (Å²) in [6, 6.07) is 24.3. The van der Waals surface area contributed by atoms with E-state index in [0.717, 1.165) is 35.4 Å². The SMILES string of the molecule is CN(C)C1CCN(c2ccc(C(=O)Nc3ccc(-n4ncc5ccccc54)cc3)cc2)C1. The molecule has 1 fully saturated rings. The van der Waals surface area contributed by atoms with E-state index in [1.807, 2.05) is 83.7 Å². The molecule has 1 aliphatic heterocycles. The van der Waals surface area contributed by atoms with Crippen molar-refractivity contribution in [1.82, 2.24) is 14.7 Å². The fourth-order valence-electron chi connectivity index (χ4n) is 4.29. The predicted octanol–water partition coefficient (Wildman–Crippen LogP) is 4.42. The summed E-state index contributed by atoms with van der Waals surface area (Å²) >= 11 is 0. The Labute approximate surface area is 188 Å². The second-order valence-electron chi connectivity index (χ2n) is 8.52. The number of para-hydroxylation sites is 1. The minimum absolute atomic E-state index is 0.110. The van der Waals surface area contributed by atoms with E-state index < -0.39 is 0 Å². The van der Waals surface area contributed by atoms with Gasteiger partial charge in [-0.05, 0) is 75.1 Å². The van der Waals surface area contributed by atoms with Crippen molar-refractivity contribution in [3.05, 3.63) is 84.6 Å². The van der Waals surface area contributed by atoms with Gasteiger partial charge in [-0.1, -0.05) is 18.2 Å². The predicted molar refractivity (Wildman–Crippen MR) is 130 cm³/mol. The third-order valence-electron chi connectivity index (χ3n) is 6.24. The Kier molecular flexibility index (Phi) is 5.37. The molecule has 32 heavy (non-hydrogen) atoms. The van der Waals surface area contributed by atoms with Gasteiger partial charge in [0.05, 0.1) is 17.4 Å². The fourth-order valence-corrected chi connectivity index (χ4v) is 4.29. The van der Waals surface area contributed by atoms with Crippen LogP contribution in [0.2, 0.25) is 0 Å². The molecule has 3 aromatic carbocycles. The summed E-state index contributed by atoms with van der Waals surface area (Å²) in [5.74, 6) is -0.110. The molecule has 162 valence electrons. The first-order valence-corrected chi connectivity index (χ1v) is 10.9. The second-order valence-corrected chi connectivity index (χ2v) is 8.52. The Bertz CT molecular complexity index is 1230. The average Bonchev–Trinajstić information content (AvgIpc) is 3.48. The normalized spacial score (nSPS) is 16.1. The molecule has 1 atom stereocenters. The molecule has 0 saturated carbocycles. The van der Waals surface area contributed by atoms with Crippen LogP contribution in [0.15, 0.2) is 79.0 Å². The first-order chi connectivity index (χ1) is 15.6. The van der Waals surface area contributed by atoms with Gasteiger partial charge in [-0.2, -0.15) is 5.10 Å². The zero-order valence-electron chi connectivity index (χ0n) is 18.4. The molecule has 1 N–H and O–H groups in total. The standard InChI is InChI=1S/C26H27N5O/c1-29(2)24-15-16-30(18-24)22-11-7-19(8-12-22)26(32)28-21-9-13-23(14-10-21)31-25-6-4-3-5-20(25)17-27-31/h3-14,17,24H,15-16,18H2,1-2H3,(H,28,32). The summed E-state index contributed by atoms with van der Waals surface area (Å²) in [5, 5.41) is 8.57. The molecule has 0 bridgehead atoms. The van der Waals surface area contributed by atoms with Crippen molar-refractivity contribution < 1.29 is 4.79 Å². The molecule has 1 unspecified atom stereocenters. The number of amides is 1. The van der Waals surface area contributed by atoms with Gasteiger partial charge >= 0.3 is 0 Å². The Hall–Kier alpha value is -3.64. The quantitative estimate of drug-likeness (QED) is 0.514. The molecule has 6 heteroatoms. The summed E-state index contributed by atoms with van der Waals surface area (Å²) in [6.45, 7) is 2.07. The lowest BCUT2D eigenvalue weighted by Gasteiger charge is -2.22. The Balaban J connectivity index is 1.25. The van der Waals surface area contributed by atoms with Gasteiger partial charge in [0.15, 0.2) is 0 Å². The molecule has 0 aliphatic carbocycles. The van der Waals surface area contributed by atoms with Crippen molar-refractivity contribution in [1.29, 1.82) is 0 Å². The highest BCUT2D eigenvalue weighted by molar-refractivity contribution is 6.04. The van der Waals surface area contributed by atoms with Crippen molar-refractivity contribution in [3.63, 3.8) is 0 Å². The number of likely N-dealkylation sites (N-methyl/N-ethyl adjacent to an activating group) is 1. The van der Waals surface area contributed by atoms with E-state index in [4.69, 9.17) is 0 Å². The molecule has 0 spiro atoms. The Morgan fingerprint density at radius 3 is 2.41 bits per heavy atom. The van der Waals surface area contributed by atoms with Crippen molar-refractivity contribution in [2.45, 2.75) is 12.5 Å². The number of rotatable bonds is 5. The number of carbonyl (C=O) groups is 1. The molecule has 6 nitrogen and oxygen atoms in total. The van der Waals surface area contributed by atoms with E-state index in [9.17, 15) is 4.79 Å². The van der Waals surface area contributed by atoms with Gasteiger partial charge in [-0.25, -0.2) is 4.68 Å². The highest BCUT2D eigenvalue weighted by atomic mass is 16.1. The zero-order valence-corrected chi connectivity index (χ0v) is 18.4. The van der Waals surface area contributed by atoms with Crippen molar-refractivity contribution >= 4 is 28.2 Å². The van der Waals surface area contributed by atoms with Crippen molar-refractivity contribution in [2.24, 2.45) is 0 Å². The third-order valence-corrected chi connectivity index (χ3v) is 6.24. The number of hydrogen-bond donors (Lipinski definition) is 1. The van der Waals surface area contributed by atoms with Gasteiger partial charge in [-0.3, -0.25) is 4.79 Å². The van der Waals surface area contributed by atoms with Gasteiger partial charge < -0.3 is 15.1 Å². The molecule has 1 aliphatic rings. The van der Waals surface area contributed by atoms with Gasteiger partial charge in [-0.15, -0.1) is 0 Å². The van der Waals surface area contributed by atoms with Crippen LogP contribution in [0.5, 0.6) is 0 Å². The smallest absolute Gasteiger partial charge is 0.255 e. The summed E-state index contributed by atoms with van der Waals surface area (Å²) < 4.78 is 1.90. The number of carbonyl (C=O) groups excluding carboxylic acids is 1. The zero-order chi connectivity index (χ0) is 22.1. The van der Waals surface area contributed by atoms with Gasteiger partial charge in [0.25, 0.3) is 5.91 Å².